The number of likely N-dealkylation sites (tertiary alicyclic amines) is 1. The zero-order valence-corrected chi connectivity index (χ0v) is 10.5. The molecule has 1 atom stereocenters. The lowest BCUT2D eigenvalue weighted by Gasteiger charge is -2.33. The maximum Gasteiger partial charge on any atom is 0.224 e. The van der Waals surface area contributed by atoms with Crippen LogP contribution in [0.5, 0.6) is 0 Å². The SMILES string of the molecule is CCNC1CCCN(C(=O)CCOCC)C1. The van der Waals surface area contributed by atoms with Gasteiger partial charge in [-0.05, 0) is 26.3 Å². The maximum absolute atomic E-state index is 11.8. The van der Waals surface area contributed by atoms with E-state index < -0.39 is 0 Å². The smallest absolute Gasteiger partial charge is 0.224 e. The zero-order chi connectivity index (χ0) is 11.8. The lowest BCUT2D eigenvalue weighted by Crippen LogP contribution is -2.48. The summed E-state index contributed by atoms with van der Waals surface area (Å²) in [6.45, 7) is 8.05. The summed E-state index contributed by atoms with van der Waals surface area (Å²) in [7, 11) is 0. The number of hydrogen-bond acceptors (Lipinski definition) is 3. The molecule has 1 N–H and O–H groups in total. The van der Waals surface area contributed by atoms with Crippen LogP contribution in [0.25, 0.3) is 0 Å². The zero-order valence-electron chi connectivity index (χ0n) is 10.5. The summed E-state index contributed by atoms with van der Waals surface area (Å²) in [6.07, 6.45) is 2.81. The van der Waals surface area contributed by atoms with Gasteiger partial charge in [0.1, 0.15) is 0 Å². The summed E-state index contributed by atoms with van der Waals surface area (Å²) >= 11 is 0. The van der Waals surface area contributed by atoms with Crippen molar-refractivity contribution in [2.24, 2.45) is 0 Å². The molecular formula is C12H24N2O2. The molecular weight excluding hydrogens is 204 g/mol. The number of nitrogens with zero attached hydrogens (tertiary/aromatic N) is 1. The molecule has 1 heterocycles. The Labute approximate surface area is 98.3 Å². The monoisotopic (exact) mass is 228 g/mol. The van der Waals surface area contributed by atoms with E-state index in [-0.39, 0.29) is 5.91 Å². The third kappa shape index (κ3) is 4.49. The number of rotatable bonds is 6. The van der Waals surface area contributed by atoms with Crippen molar-refractivity contribution in [2.75, 3.05) is 32.8 Å². The highest BCUT2D eigenvalue weighted by atomic mass is 16.5. The van der Waals surface area contributed by atoms with Crippen LogP contribution in [0.4, 0.5) is 0 Å². The van der Waals surface area contributed by atoms with E-state index >= 15 is 0 Å². The highest BCUT2D eigenvalue weighted by Crippen LogP contribution is 2.11. The molecule has 0 aromatic carbocycles. The number of ether oxygens (including phenoxy) is 1. The van der Waals surface area contributed by atoms with E-state index in [0.29, 0.717) is 25.7 Å². The Morgan fingerprint density at radius 2 is 2.31 bits per heavy atom. The van der Waals surface area contributed by atoms with Gasteiger partial charge in [0, 0.05) is 25.7 Å². The normalized spacial score (nSPS) is 21.1. The van der Waals surface area contributed by atoms with Gasteiger partial charge in [0.25, 0.3) is 0 Å². The second-order valence-electron chi connectivity index (χ2n) is 4.18. The summed E-state index contributed by atoms with van der Waals surface area (Å²) in [5.41, 5.74) is 0. The molecule has 0 aromatic rings. The van der Waals surface area contributed by atoms with Gasteiger partial charge in [-0.1, -0.05) is 6.92 Å². The Kier molecular flexibility index (Phi) is 6.42. The van der Waals surface area contributed by atoms with Gasteiger partial charge in [-0.15, -0.1) is 0 Å². The van der Waals surface area contributed by atoms with Gasteiger partial charge in [0.2, 0.25) is 5.91 Å². The molecule has 16 heavy (non-hydrogen) atoms. The van der Waals surface area contributed by atoms with Crippen molar-refractivity contribution in [3.05, 3.63) is 0 Å². The number of amides is 1. The minimum atomic E-state index is 0.232. The Hall–Kier alpha value is -0.610. The van der Waals surface area contributed by atoms with E-state index in [1.54, 1.807) is 0 Å². The molecule has 1 amide bonds. The molecule has 0 bridgehead atoms. The van der Waals surface area contributed by atoms with Gasteiger partial charge in [-0.3, -0.25) is 4.79 Å². The average Bonchev–Trinajstić information content (AvgIpc) is 2.30. The van der Waals surface area contributed by atoms with E-state index in [0.717, 1.165) is 26.1 Å². The number of likely N-dealkylation sites (N-methyl/N-ethyl adjacent to an activating group) is 1. The highest BCUT2D eigenvalue weighted by Gasteiger charge is 2.22. The van der Waals surface area contributed by atoms with Crippen molar-refractivity contribution in [3.8, 4) is 0 Å². The van der Waals surface area contributed by atoms with Gasteiger partial charge in [-0.25, -0.2) is 0 Å². The van der Waals surface area contributed by atoms with E-state index in [4.69, 9.17) is 4.74 Å². The fraction of sp³-hybridized carbons (Fsp3) is 0.917. The highest BCUT2D eigenvalue weighted by molar-refractivity contribution is 5.76. The second-order valence-corrected chi connectivity index (χ2v) is 4.18. The Balaban J connectivity index is 2.26. The van der Waals surface area contributed by atoms with Crippen molar-refractivity contribution in [3.63, 3.8) is 0 Å². The number of piperidine rings is 1. The van der Waals surface area contributed by atoms with Crippen molar-refractivity contribution in [1.29, 1.82) is 0 Å². The summed E-state index contributed by atoms with van der Waals surface area (Å²) in [4.78, 5) is 13.8. The third-order valence-electron chi connectivity index (χ3n) is 2.93. The molecule has 4 nitrogen and oxygen atoms in total. The summed E-state index contributed by atoms with van der Waals surface area (Å²) in [5.74, 6) is 0.232. The fourth-order valence-corrected chi connectivity index (χ4v) is 2.12. The van der Waals surface area contributed by atoms with E-state index in [9.17, 15) is 4.79 Å². The quantitative estimate of drug-likeness (QED) is 0.690. The van der Waals surface area contributed by atoms with Gasteiger partial charge >= 0.3 is 0 Å². The minimum Gasteiger partial charge on any atom is -0.381 e. The van der Waals surface area contributed by atoms with Crippen LogP contribution in [0.1, 0.15) is 33.1 Å². The fourth-order valence-electron chi connectivity index (χ4n) is 2.12. The van der Waals surface area contributed by atoms with Gasteiger partial charge in [-0.2, -0.15) is 0 Å². The predicted octanol–water partition coefficient (Wildman–Crippen LogP) is 1.01. The Morgan fingerprint density at radius 1 is 1.50 bits per heavy atom. The first kappa shape index (κ1) is 13.5. The van der Waals surface area contributed by atoms with Crippen LogP contribution in [-0.4, -0.2) is 49.7 Å². The van der Waals surface area contributed by atoms with Gasteiger partial charge in [0.15, 0.2) is 0 Å². The first-order chi connectivity index (χ1) is 7.77. The number of carbonyl (C=O) groups excluding carboxylic acids is 1. The number of hydrogen-bond donors (Lipinski definition) is 1. The van der Waals surface area contributed by atoms with Crippen molar-refractivity contribution in [2.45, 2.75) is 39.2 Å². The molecule has 1 unspecified atom stereocenters. The molecule has 94 valence electrons. The number of carbonyl (C=O) groups is 1. The molecule has 4 heteroatoms. The van der Waals surface area contributed by atoms with E-state index in [1.807, 2.05) is 11.8 Å². The van der Waals surface area contributed by atoms with Crippen molar-refractivity contribution in [1.82, 2.24) is 10.2 Å². The van der Waals surface area contributed by atoms with Gasteiger partial charge in [0.05, 0.1) is 13.0 Å². The van der Waals surface area contributed by atoms with Crippen molar-refractivity contribution >= 4 is 5.91 Å². The van der Waals surface area contributed by atoms with Crippen LogP contribution in [0.15, 0.2) is 0 Å². The lowest BCUT2D eigenvalue weighted by atomic mass is 10.1. The topological polar surface area (TPSA) is 41.6 Å². The van der Waals surface area contributed by atoms with Crippen LogP contribution in [-0.2, 0) is 9.53 Å². The summed E-state index contributed by atoms with van der Waals surface area (Å²) < 4.78 is 5.21. The standard InChI is InChI=1S/C12H24N2O2/c1-3-13-11-6-5-8-14(10-11)12(15)7-9-16-4-2/h11,13H,3-10H2,1-2H3. The first-order valence-corrected chi connectivity index (χ1v) is 6.36. The molecule has 0 spiro atoms. The van der Waals surface area contributed by atoms with E-state index in [2.05, 4.69) is 12.2 Å². The van der Waals surface area contributed by atoms with Crippen LogP contribution < -0.4 is 5.32 Å². The first-order valence-electron chi connectivity index (χ1n) is 6.36. The molecule has 1 rings (SSSR count). The molecule has 0 aliphatic carbocycles. The predicted molar refractivity (Wildman–Crippen MR) is 64.4 cm³/mol. The summed E-state index contributed by atoms with van der Waals surface area (Å²) in [6, 6.07) is 0.481. The molecule has 1 aliphatic heterocycles. The minimum absolute atomic E-state index is 0.232. The number of nitrogens with one attached hydrogen (secondary N) is 1. The molecule has 1 saturated heterocycles. The van der Waals surface area contributed by atoms with E-state index in [1.165, 1.54) is 6.42 Å². The van der Waals surface area contributed by atoms with Crippen LogP contribution in [0.3, 0.4) is 0 Å². The van der Waals surface area contributed by atoms with Crippen LogP contribution in [0, 0.1) is 0 Å². The molecule has 0 saturated carbocycles. The molecule has 0 radical (unpaired) electrons. The largest absolute Gasteiger partial charge is 0.381 e. The molecule has 0 aromatic heterocycles. The third-order valence-corrected chi connectivity index (χ3v) is 2.93. The van der Waals surface area contributed by atoms with Gasteiger partial charge < -0.3 is 15.0 Å². The second kappa shape index (κ2) is 7.63. The van der Waals surface area contributed by atoms with Crippen LogP contribution >= 0.6 is 0 Å². The average molecular weight is 228 g/mol. The summed E-state index contributed by atoms with van der Waals surface area (Å²) in [5, 5.41) is 3.41. The molecule has 1 aliphatic rings. The Bertz CT molecular complexity index is 207. The van der Waals surface area contributed by atoms with Crippen molar-refractivity contribution < 1.29 is 9.53 Å². The molecule has 1 fully saturated rings. The maximum atomic E-state index is 11.8. The van der Waals surface area contributed by atoms with Crippen LogP contribution in [0.2, 0.25) is 0 Å². The Morgan fingerprint density at radius 3 is 3.00 bits per heavy atom. The lowest BCUT2D eigenvalue weighted by molar-refractivity contribution is -0.133.